The second-order valence-corrected chi connectivity index (χ2v) is 4.74. The van der Waals surface area contributed by atoms with Crippen molar-refractivity contribution in [3.8, 4) is 5.75 Å². The van der Waals surface area contributed by atoms with Gasteiger partial charge in [0.15, 0.2) is 0 Å². The summed E-state index contributed by atoms with van der Waals surface area (Å²) in [4.78, 5) is 2.45. The van der Waals surface area contributed by atoms with Gasteiger partial charge in [0.25, 0.3) is 0 Å². The molecule has 17 heavy (non-hydrogen) atoms. The first-order valence-corrected chi connectivity index (χ1v) is 6.88. The van der Waals surface area contributed by atoms with Gasteiger partial charge < -0.3 is 9.64 Å². The minimum Gasteiger partial charge on any atom is -0.494 e. The third-order valence-electron chi connectivity index (χ3n) is 3.32. The van der Waals surface area contributed by atoms with Crippen molar-refractivity contribution in [2.45, 2.75) is 39.0 Å². The van der Waals surface area contributed by atoms with Crippen molar-refractivity contribution in [2.24, 2.45) is 0 Å². The van der Waals surface area contributed by atoms with Crippen LogP contribution < -0.4 is 9.64 Å². The molecule has 0 spiro atoms. The van der Waals surface area contributed by atoms with Crippen LogP contribution in [0.25, 0.3) is 0 Å². The Morgan fingerprint density at radius 3 is 2.41 bits per heavy atom. The van der Waals surface area contributed by atoms with Crippen molar-refractivity contribution >= 4 is 5.69 Å². The van der Waals surface area contributed by atoms with Crippen LogP contribution in [0.5, 0.6) is 5.75 Å². The molecule has 0 atom stereocenters. The van der Waals surface area contributed by atoms with Gasteiger partial charge in [-0.05, 0) is 43.5 Å². The standard InChI is InChI=1S/C15H23NO/c1-2-3-6-13-17-15-9-7-14(8-10-15)16-11-4-5-12-16/h7-10H,2-6,11-13H2,1H3. The van der Waals surface area contributed by atoms with E-state index in [0.29, 0.717) is 0 Å². The number of hydrogen-bond donors (Lipinski definition) is 0. The quantitative estimate of drug-likeness (QED) is 0.692. The molecule has 2 nitrogen and oxygen atoms in total. The van der Waals surface area contributed by atoms with Crippen molar-refractivity contribution < 1.29 is 4.74 Å². The van der Waals surface area contributed by atoms with E-state index in [-0.39, 0.29) is 0 Å². The molecule has 1 aliphatic heterocycles. The largest absolute Gasteiger partial charge is 0.494 e. The second-order valence-electron chi connectivity index (χ2n) is 4.74. The van der Waals surface area contributed by atoms with E-state index in [1.165, 1.54) is 44.5 Å². The number of ether oxygens (including phenoxy) is 1. The second kappa shape index (κ2) is 6.53. The number of nitrogens with zero attached hydrogens (tertiary/aromatic N) is 1. The third kappa shape index (κ3) is 3.65. The van der Waals surface area contributed by atoms with Crippen molar-refractivity contribution in [3.05, 3.63) is 24.3 Å². The maximum absolute atomic E-state index is 5.71. The van der Waals surface area contributed by atoms with Gasteiger partial charge in [0.05, 0.1) is 6.61 Å². The molecule has 1 fully saturated rings. The Kier molecular flexibility index (Phi) is 4.72. The molecule has 0 saturated carbocycles. The van der Waals surface area contributed by atoms with Gasteiger partial charge >= 0.3 is 0 Å². The van der Waals surface area contributed by atoms with Crippen molar-refractivity contribution in [1.82, 2.24) is 0 Å². The van der Waals surface area contributed by atoms with E-state index in [1.807, 2.05) is 0 Å². The molecule has 2 rings (SSSR count). The summed E-state index contributed by atoms with van der Waals surface area (Å²) in [5, 5.41) is 0. The average Bonchev–Trinajstić information content (AvgIpc) is 2.89. The Morgan fingerprint density at radius 2 is 1.76 bits per heavy atom. The Hall–Kier alpha value is -1.18. The van der Waals surface area contributed by atoms with Crippen molar-refractivity contribution in [2.75, 3.05) is 24.6 Å². The van der Waals surface area contributed by atoms with Crippen LogP contribution in [0.3, 0.4) is 0 Å². The summed E-state index contributed by atoms with van der Waals surface area (Å²) in [6.07, 6.45) is 6.32. The maximum Gasteiger partial charge on any atom is 0.119 e. The van der Waals surface area contributed by atoms with Gasteiger partial charge in [-0.3, -0.25) is 0 Å². The molecule has 0 amide bonds. The zero-order valence-corrected chi connectivity index (χ0v) is 10.8. The molecule has 0 aromatic heterocycles. The minimum absolute atomic E-state index is 0.844. The lowest BCUT2D eigenvalue weighted by Crippen LogP contribution is -2.17. The SMILES string of the molecule is CCCCCOc1ccc(N2CCCC2)cc1. The Bertz CT molecular complexity index is 314. The van der Waals surface area contributed by atoms with Crippen LogP contribution in [0.15, 0.2) is 24.3 Å². The summed E-state index contributed by atoms with van der Waals surface area (Å²) < 4.78 is 5.71. The van der Waals surface area contributed by atoms with Crippen LogP contribution in [0.4, 0.5) is 5.69 Å². The fraction of sp³-hybridized carbons (Fsp3) is 0.600. The topological polar surface area (TPSA) is 12.5 Å². The molecular weight excluding hydrogens is 210 g/mol. The zero-order chi connectivity index (χ0) is 11.9. The smallest absolute Gasteiger partial charge is 0.119 e. The first-order chi connectivity index (χ1) is 8.40. The molecule has 2 heteroatoms. The molecule has 94 valence electrons. The molecular formula is C15H23NO. The fourth-order valence-corrected chi connectivity index (χ4v) is 2.27. The van der Waals surface area contributed by atoms with Gasteiger partial charge in [-0.2, -0.15) is 0 Å². The number of hydrogen-bond acceptors (Lipinski definition) is 2. The zero-order valence-electron chi connectivity index (χ0n) is 10.8. The van der Waals surface area contributed by atoms with E-state index >= 15 is 0 Å². The summed E-state index contributed by atoms with van der Waals surface area (Å²) in [5.74, 6) is 1.00. The lowest BCUT2D eigenvalue weighted by Gasteiger charge is -2.17. The van der Waals surface area contributed by atoms with Gasteiger partial charge in [-0.1, -0.05) is 19.8 Å². The summed E-state index contributed by atoms with van der Waals surface area (Å²) in [7, 11) is 0. The number of anilines is 1. The van der Waals surface area contributed by atoms with E-state index in [0.717, 1.165) is 18.8 Å². The van der Waals surface area contributed by atoms with Gasteiger partial charge in [0.2, 0.25) is 0 Å². The van der Waals surface area contributed by atoms with E-state index in [1.54, 1.807) is 0 Å². The van der Waals surface area contributed by atoms with Crippen LogP contribution in [0.2, 0.25) is 0 Å². The normalized spacial score (nSPS) is 15.2. The Morgan fingerprint density at radius 1 is 1.06 bits per heavy atom. The van der Waals surface area contributed by atoms with Crippen LogP contribution in [0.1, 0.15) is 39.0 Å². The van der Waals surface area contributed by atoms with E-state index in [9.17, 15) is 0 Å². The summed E-state index contributed by atoms with van der Waals surface area (Å²) in [5.41, 5.74) is 1.34. The van der Waals surface area contributed by atoms with Crippen molar-refractivity contribution in [3.63, 3.8) is 0 Å². The summed E-state index contributed by atoms with van der Waals surface area (Å²) >= 11 is 0. The fourth-order valence-electron chi connectivity index (χ4n) is 2.27. The van der Waals surface area contributed by atoms with Crippen molar-refractivity contribution in [1.29, 1.82) is 0 Å². The number of benzene rings is 1. The van der Waals surface area contributed by atoms with Gasteiger partial charge in [0, 0.05) is 18.8 Å². The molecule has 1 aliphatic rings. The molecule has 1 saturated heterocycles. The first kappa shape index (κ1) is 12.3. The monoisotopic (exact) mass is 233 g/mol. The van der Waals surface area contributed by atoms with Crippen LogP contribution >= 0.6 is 0 Å². The molecule has 1 aromatic carbocycles. The predicted molar refractivity (Wildman–Crippen MR) is 72.9 cm³/mol. The van der Waals surface area contributed by atoms with Crippen LogP contribution in [-0.4, -0.2) is 19.7 Å². The molecule has 0 radical (unpaired) electrons. The lowest BCUT2D eigenvalue weighted by atomic mass is 10.2. The average molecular weight is 233 g/mol. The molecule has 1 aromatic rings. The maximum atomic E-state index is 5.71. The minimum atomic E-state index is 0.844. The number of rotatable bonds is 6. The number of unbranched alkanes of at least 4 members (excludes halogenated alkanes) is 2. The molecule has 1 heterocycles. The molecule has 0 unspecified atom stereocenters. The van der Waals surface area contributed by atoms with Gasteiger partial charge in [-0.25, -0.2) is 0 Å². The molecule has 0 bridgehead atoms. The third-order valence-corrected chi connectivity index (χ3v) is 3.32. The first-order valence-electron chi connectivity index (χ1n) is 6.88. The summed E-state index contributed by atoms with van der Waals surface area (Å²) in [6.45, 7) is 5.47. The van der Waals surface area contributed by atoms with E-state index in [4.69, 9.17) is 4.74 Å². The lowest BCUT2D eigenvalue weighted by molar-refractivity contribution is 0.306. The highest BCUT2D eigenvalue weighted by molar-refractivity contribution is 5.49. The van der Waals surface area contributed by atoms with Gasteiger partial charge in [0.1, 0.15) is 5.75 Å². The van der Waals surface area contributed by atoms with E-state index < -0.39 is 0 Å². The molecule has 0 aliphatic carbocycles. The highest BCUT2D eigenvalue weighted by Gasteiger charge is 2.11. The molecule has 0 N–H and O–H groups in total. The van der Waals surface area contributed by atoms with E-state index in [2.05, 4.69) is 36.1 Å². The predicted octanol–water partition coefficient (Wildman–Crippen LogP) is 3.86. The summed E-state index contributed by atoms with van der Waals surface area (Å²) in [6, 6.07) is 8.56. The highest BCUT2D eigenvalue weighted by atomic mass is 16.5. The Labute approximate surface area is 105 Å². The van der Waals surface area contributed by atoms with Gasteiger partial charge in [-0.15, -0.1) is 0 Å². The Balaban J connectivity index is 1.80. The highest BCUT2D eigenvalue weighted by Crippen LogP contribution is 2.23. The van der Waals surface area contributed by atoms with Crippen LogP contribution in [-0.2, 0) is 0 Å². The van der Waals surface area contributed by atoms with Crippen LogP contribution in [0, 0.1) is 0 Å².